The number of hydrogen-bond donors (Lipinski definition) is 1. The van der Waals surface area contributed by atoms with Crippen molar-refractivity contribution in [3.05, 3.63) is 48.3 Å². The lowest BCUT2D eigenvalue weighted by molar-refractivity contribution is -0.120. The molecule has 0 aliphatic carbocycles. The summed E-state index contributed by atoms with van der Waals surface area (Å²) in [5.41, 5.74) is 5.40. The van der Waals surface area contributed by atoms with Crippen LogP contribution in [0.4, 0.5) is 4.39 Å². The molecule has 0 bridgehead atoms. The lowest BCUT2D eigenvalue weighted by Crippen LogP contribution is -2.49. The molecular formula is C21H25FN2O6S. The van der Waals surface area contributed by atoms with E-state index < -0.39 is 33.8 Å². The summed E-state index contributed by atoms with van der Waals surface area (Å²) in [5, 5.41) is 0. The van der Waals surface area contributed by atoms with Crippen LogP contribution in [0.3, 0.4) is 0 Å². The molecule has 2 aromatic carbocycles. The Bertz CT molecular complexity index is 1030. The Balaban J connectivity index is 1.85. The first-order valence-corrected chi connectivity index (χ1v) is 11.1. The summed E-state index contributed by atoms with van der Waals surface area (Å²) in [5.74, 6) is -0.418. The number of amides is 1. The molecule has 1 amide bonds. The monoisotopic (exact) mass is 452 g/mol. The van der Waals surface area contributed by atoms with Crippen LogP contribution in [0.15, 0.2) is 47.4 Å². The Kier molecular flexibility index (Phi) is 7.01. The van der Waals surface area contributed by atoms with Gasteiger partial charge < -0.3 is 19.9 Å². The topological polar surface area (TPSA) is 108 Å². The standard InChI is InChI=1S/C21H25FN2O6S/c1-28-17-7-8-19(29-2)20(12-17)31(26,27)24-10-9-18(14(13-24)11-21(23)25)30-16-5-3-15(22)4-6-16/h3-8,12,14,18H,9-11,13H2,1-2H3,(H2,23,25)/t14-,18-/m0/s1. The van der Waals surface area contributed by atoms with Crippen molar-refractivity contribution in [3.63, 3.8) is 0 Å². The van der Waals surface area contributed by atoms with Crippen molar-refractivity contribution in [1.29, 1.82) is 0 Å². The van der Waals surface area contributed by atoms with E-state index in [0.29, 0.717) is 17.9 Å². The average molecular weight is 453 g/mol. The molecule has 1 heterocycles. The summed E-state index contributed by atoms with van der Waals surface area (Å²) in [6.45, 7) is 0.210. The number of primary amides is 1. The first-order chi connectivity index (χ1) is 14.7. The van der Waals surface area contributed by atoms with Crippen molar-refractivity contribution >= 4 is 15.9 Å². The van der Waals surface area contributed by atoms with Gasteiger partial charge in [0.1, 0.15) is 34.1 Å². The molecule has 168 valence electrons. The van der Waals surface area contributed by atoms with Crippen LogP contribution in [0.25, 0.3) is 0 Å². The average Bonchev–Trinajstić information content (AvgIpc) is 2.75. The fraction of sp³-hybridized carbons (Fsp3) is 0.381. The zero-order chi connectivity index (χ0) is 22.6. The van der Waals surface area contributed by atoms with Gasteiger partial charge in [-0.15, -0.1) is 0 Å². The summed E-state index contributed by atoms with van der Waals surface area (Å²) in [7, 11) is -1.10. The zero-order valence-electron chi connectivity index (χ0n) is 17.3. The zero-order valence-corrected chi connectivity index (χ0v) is 18.1. The van der Waals surface area contributed by atoms with Crippen LogP contribution in [0.5, 0.6) is 17.2 Å². The van der Waals surface area contributed by atoms with Crippen molar-refractivity contribution in [3.8, 4) is 17.2 Å². The summed E-state index contributed by atoms with van der Waals surface area (Å²) in [6.07, 6.45) is -0.162. The molecule has 0 saturated carbocycles. The molecule has 1 aliphatic rings. The predicted molar refractivity (Wildman–Crippen MR) is 111 cm³/mol. The number of nitrogens with zero attached hydrogens (tertiary/aromatic N) is 1. The molecule has 1 fully saturated rings. The molecule has 2 N–H and O–H groups in total. The highest BCUT2D eigenvalue weighted by Gasteiger charge is 2.38. The maximum Gasteiger partial charge on any atom is 0.246 e. The first kappa shape index (κ1) is 22.8. The number of nitrogens with two attached hydrogens (primary N) is 1. The molecular weight excluding hydrogens is 427 g/mol. The molecule has 0 aromatic heterocycles. The van der Waals surface area contributed by atoms with Crippen LogP contribution in [0, 0.1) is 11.7 Å². The minimum absolute atomic E-state index is 0.0231. The highest BCUT2D eigenvalue weighted by atomic mass is 32.2. The molecule has 31 heavy (non-hydrogen) atoms. The largest absolute Gasteiger partial charge is 0.497 e. The van der Waals surface area contributed by atoms with Gasteiger partial charge in [-0.05, 0) is 42.8 Å². The molecule has 3 rings (SSSR count). The number of sulfonamides is 1. The van der Waals surface area contributed by atoms with Crippen molar-refractivity contribution < 1.29 is 31.8 Å². The minimum atomic E-state index is -3.94. The van der Waals surface area contributed by atoms with Gasteiger partial charge >= 0.3 is 0 Å². The Morgan fingerprint density at radius 3 is 2.42 bits per heavy atom. The fourth-order valence-electron chi connectivity index (χ4n) is 3.62. The third kappa shape index (κ3) is 5.26. The highest BCUT2D eigenvalue weighted by Crippen LogP contribution is 2.34. The van der Waals surface area contributed by atoms with Gasteiger partial charge in [0.2, 0.25) is 15.9 Å². The van der Waals surface area contributed by atoms with Gasteiger partial charge in [0.15, 0.2) is 0 Å². The van der Waals surface area contributed by atoms with E-state index in [0.717, 1.165) is 0 Å². The molecule has 1 aliphatic heterocycles. The van der Waals surface area contributed by atoms with Gasteiger partial charge in [0, 0.05) is 31.5 Å². The van der Waals surface area contributed by atoms with Crippen molar-refractivity contribution in [2.24, 2.45) is 11.7 Å². The first-order valence-electron chi connectivity index (χ1n) is 9.67. The van der Waals surface area contributed by atoms with Gasteiger partial charge in [-0.3, -0.25) is 4.79 Å². The molecule has 10 heteroatoms. The molecule has 1 saturated heterocycles. The number of carbonyl (C=O) groups excluding carboxylic acids is 1. The number of hydrogen-bond acceptors (Lipinski definition) is 6. The maximum absolute atomic E-state index is 13.4. The number of methoxy groups -OCH3 is 2. The Morgan fingerprint density at radius 1 is 1.13 bits per heavy atom. The van der Waals surface area contributed by atoms with Gasteiger partial charge in [-0.1, -0.05) is 0 Å². The lowest BCUT2D eigenvalue weighted by Gasteiger charge is -2.37. The minimum Gasteiger partial charge on any atom is -0.497 e. The molecule has 0 unspecified atom stereocenters. The van der Waals surface area contributed by atoms with Crippen LogP contribution in [0.1, 0.15) is 12.8 Å². The summed E-state index contributed by atoms with van der Waals surface area (Å²) in [4.78, 5) is 11.6. The smallest absolute Gasteiger partial charge is 0.246 e. The Hall–Kier alpha value is -2.85. The Morgan fingerprint density at radius 2 is 1.81 bits per heavy atom. The van der Waals surface area contributed by atoms with Gasteiger partial charge in [-0.25, -0.2) is 12.8 Å². The second kappa shape index (κ2) is 9.52. The van der Waals surface area contributed by atoms with E-state index in [9.17, 15) is 17.6 Å². The van der Waals surface area contributed by atoms with Crippen molar-refractivity contribution in [2.75, 3.05) is 27.3 Å². The van der Waals surface area contributed by atoms with E-state index in [1.54, 1.807) is 6.07 Å². The predicted octanol–water partition coefficient (Wildman–Crippen LogP) is 2.18. The van der Waals surface area contributed by atoms with Gasteiger partial charge in [-0.2, -0.15) is 4.31 Å². The number of piperidine rings is 1. The number of halogens is 1. The third-order valence-electron chi connectivity index (χ3n) is 5.18. The molecule has 2 atom stereocenters. The number of carbonyl (C=O) groups is 1. The SMILES string of the molecule is COc1ccc(OC)c(S(=O)(=O)N2CC[C@H](Oc3ccc(F)cc3)[C@@H](CC(N)=O)C2)c1. The van der Waals surface area contributed by atoms with Crippen molar-refractivity contribution in [2.45, 2.75) is 23.8 Å². The fourth-order valence-corrected chi connectivity index (χ4v) is 5.30. The quantitative estimate of drug-likeness (QED) is 0.658. The van der Waals surface area contributed by atoms with Crippen LogP contribution in [-0.2, 0) is 14.8 Å². The lowest BCUT2D eigenvalue weighted by atomic mass is 9.92. The molecule has 0 radical (unpaired) electrons. The van der Waals surface area contributed by atoms with E-state index in [4.69, 9.17) is 19.9 Å². The number of benzene rings is 2. The molecule has 2 aromatic rings. The van der Waals surface area contributed by atoms with Crippen LogP contribution >= 0.6 is 0 Å². The summed E-state index contributed by atoms with van der Waals surface area (Å²) in [6, 6.07) is 10.0. The third-order valence-corrected chi connectivity index (χ3v) is 7.07. The van der Waals surface area contributed by atoms with E-state index in [1.807, 2.05) is 0 Å². The summed E-state index contributed by atoms with van der Waals surface area (Å²) < 4.78 is 57.5. The molecule has 0 spiro atoms. The van der Waals surface area contributed by atoms with Crippen LogP contribution in [0.2, 0.25) is 0 Å². The van der Waals surface area contributed by atoms with Crippen molar-refractivity contribution in [1.82, 2.24) is 4.31 Å². The maximum atomic E-state index is 13.4. The summed E-state index contributed by atoms with van der Waals surface area (Å²) >= 11 is 0. The van der Waals surface area contributed by atoms with E-state index >= 15 is 0 Å². The van der Waals surface area contributed by atoms with Gasteiger partial charge in [0.25, 0.3) is 0 Å². The number of rotatable bonds is 8. The molecule has 8 nitrogen and oxygen atoms in total. The second-order valence-corrected chi connectivity index (χ2v) is 9.12. The highest BCUT2D eigenvalue weighted by molar-refractivity contribution is 7.89. The number of ether oxygens (including phenoxy) is 3. The van der Waals surface area contributed by atoms with Gasteiger partial charge in [0.05, 0.1) is 14.2 Å². The van der Waals surface area contributed by atoms with E-state index in [1.165, 1.54) is 54.9 Å². The van der Waals surface area contributed by atoms with Crippen LogP contribution in [-0.4, -0.2) is 52.0 Å². The van der Waals surface area contributed by atoms with E-state index in [-0.39, 0.29) is 30.2 Å². The normalized spacial score (nSPS) is 19.6. The Labute approximate surface area is 180 Å². The van der Waals surface area contributed by atoms with E-state index in [2.05, 4.69) is 0 Å². The van der Waals surface area contributed by atoms with Crippen LogP contribution < -0.4 is 19.9 Å². The second-order valence-electron chi connectivity index (χ2n) is 7.21.